The summed E-state index contributed by atoms with van der Waals surface area (Å²) in [6.07, 6.45) is -7.97. The molecule has 1 rings (SSSR count). The van der Waals surface area contributed by atoms with Gasteiger partial charge in [0, 0.05) is 0 Å². The molecule has 0 aromatic heterocycles. The Labute approximate surface area is 206 Å². The van der Waals surface area contributed by atoms with Crippen LogP contribution in [0.1, 0.15) is 0 Å². The van der Waals surface area contributed by atoms with Gasteiger partial charge in [0.15, 0.2) is 12.2 Å². The van der Waals surface area contributed by atoms with Crippen LogP contribution in [-0.2, 0) is 52.4 Å². The number of esters is 5. The van der Waals surface area contributed by atoms with Crippen LogP contribution in [0.2, 0.25) is 0 Å². The van der Waals surface area contributed by atoms with Crippen molar-refractivity contribution in [1.29, 1.82) is 0 Å². The lowest BCUT2D eigenvalue weighted by molar-refractivity contribution is -0.299. The highest BCUT2D eigenvalue weighted by Gasteiger charge is 2.54. The van der Waals surface area contributed by atoms with Crippen LogP contribution in [0.4, 0.5) is 0 Å². The number of halogens is 5. The third kappa shape index (κ3) is 8.95. The summed E-state index contributed by atoms with van der Waals surface area (Å²) < 4.78 is 30.9. The molecule has 1 aliphatic rings. The van der Waals surface area contributed by atoms with Crippen LogP contribution in [-0.4, -0.2) is 96.6 Å². The first-order chi connectivity index (χ1) is 15.2. The Balaban J connectivity index is 3.40. The molecular weight excluding hydrogens is 545 g/mol. The molecule has 2 unspecified atom stereocenters. The number of alkyl halides is 5. The fourth-order valence-corrected chi connectivity index (χ4v) is 2.76. The van der Waals surface area contributed by atoms with E-state index in [-0.39, 0.29) is 0 Å². The molecule has 0 aromatic carbocycles. The summed E-state index contributed by atoms with van der Waals surface area (Å²) in [6, 6.07) is 0. The first-order valence-corrected chi connectivity index (χ1v) is 11.3. The second-order valence-electron chi connectivity index (χ2n) is 5.75. The zero-order chi connectivity index (χ0) is 24.3. The molecule has 0 saturated carbocycles. The highest BCUT2D eigenvalue weighted by Crippen LogP contribution is 2.30. The Morgan fingerprint density at radius 3 is 1.44 bits per heavy atom. The number of carbonyl (C=O) groups is 5. The van der Waals surface area contributed by atoms with E-state index in [1.807, 2.05) is 0 Å². The van der Waals surface area contributed by atoms with Gasteiger partial charge in [-0.25, -0.2) is 0 Å². The van der Waals surface area contributed by atoms with E-state index >= 15 is 0 Å². The van der Waals surface area contributed by atoms with Crippen molar-refractivity contribution in [3.05, 3.63) is 0 Å². The lowest BCUT2D eigenvalue weighted by atomic mass is 9.98. The SMILES string of the molecule is O=C(CCl)OCC1O[C@@H](OC(=O)CCl)[C@@H](OC(=O)CCl)[C@@H](OC(=O)CCl)C1OC(=O)CCl. The summed E-state index contributed by atoms with van der Waals surface area (Å²) >= 11 is 27.2. The Hall–Kier alpha value is -1.24. The van der Waals surface area contributed by atoms with Crippen molar-refractivity contribution in [2.45, 2.75) is 30.7 Å². The molecule has 182 valence electrons. The van der Waals surface area contributed by atoms with Crippen LogP contribution in [0.3, 0.4) is 0 Å². The van der Waals surface area contributed by atoms with Gasteiger partial charge in [-0.15, -0.1) is 58.0 Å². The highest BCUT2D eigenvalue weighted by molar-refractivity contribution is 6.27. The maximum Gasteiger partial charge on any atom is 0.323 e. The van der Waals surface area contributed by atoms with Gasteiger partial charge in [0.1, 0.15) is 42.1 Å². The van der Waals surface area contributed by atoms with E-state index in [9.17, 15) is 24.0 Å². The second kappa shape index (κ2) is 14.8. The van der Waals surface area contributed by atoms with E-state index in [2.05, 4.69) is 0 Å². The average Bonchev–Trinajstić information content (AvgIpc) is 2.80. The third-order valence-electron chi connectivity index (χ3n) is 3.60. The number of hydrogen-bond donors (Lipinski definition) is 0. The first-order valence-electron chi connectivity index (χ1n) is 8.59. The minimum atomic E-state index is -1.73. The molecule has 0 aliphatic carbocycles. The maximum atomic E-state index is 11.9. The molecule has 16 heteroatoms. The molecular formula is C16H17Cl5O11. The number of ether oxygens (including phenoxy) is 6. The zero-order valence-corrected chi connectivity index (χ0v) is 19.8. The van der Waals surface area contributed by atoms with E-state index in [4.69, 9.17) is 86.4 Å². The monoisotopic (exact) mass is 560 g/mol. The van der Waals surface area contributed by atoms with Gasteiger partial charge in [0.05, 0.1) is 0 Å². The molecule has 1 heterocycles. The largest absolute Gasteiger partial charge is 0.462 e. The Morgan fingerprint density at radius 1 is 0.562 bits per heavy atom. The van der Waals surface area contributed by atoms with Crippen LogP contribution in [0.15, 0.2) is 0 Å². The van der Waals surface area contributed by atoms with Crippen LogP contribution >= 0.6 is 58.0 Å². The van der Waals surface area contributed by atoms with Gasteiger partial charge in [0.25, 0.3) is 0 Å². The summed E-state index contributed by atoms with van der Waals surface area (Å²) in [5.41, 5.74) is 0. The first kappa shape index (κ1) is 28.8. The average molecular weight is 563 g/mol. The van der Waals surface area contributed by atoms with Crippen molar-refractivity contribution < 1.29 is 52.4 Å². The van der Waals surface area contributed by atoms with E-state index in [0.717, 1.165) is 0 Å². The molecule has 0 spiro atoms. The van der Waals surface area contributed by atoms with Gasteiger partial charge in [-0.1, -0.05) is 0 Å². The van der Waals surface area contributed by atoms with E-state index in [0.29, 0.717) is 0 Å². The topological polar surface area (TPSA) is 141 Å². The highest BCUT2D eigenvalue weighted by atomic mass is 35.5. The molecule has 0 amide bonds. The summed E-state index contributed by atoms with van der Waals surface area (Å²) in [5.74, 6) is -7.89. The smallest absolute Gasteiger partial charge is 0.323 e. The van der Waals surface area contributed by atoms with Crippen LogP contribution in [0, 0.1) is 0 Å². The standard InChI is InChI=1S/C16H17Cl5O11/c17-1-8(22)27-6-7-13(29-9(23)2-18)14(30-10(24)3-19)15(31-11(25)4-20)16(28-7)32-12(26)5-21/h7,13-16H,1-6H2/t7?,13?,14-,15-,16-/m0/s1. The van der Waals surface area contributed by atoms with E-state index < -0.39 is 96.6 Å². The molecule has 11 nitrogen and oxygen atoms in total. The van der Waals surface area contributed by atoms with Gasteiger partial charge in [-0.2, -0.15) is 0 Å². The number of rotatable bonds is 11. The molecule has 32 heavy (non-hydrogen) atoms. The molecule has 0 aromatic rings. The normalized spacial score (nSPS) is 24.7. The van der Waals surface area contributed by atoms with Crippen LogP contribution < -0.4 is 0 Å². The number of hydrogen-bond acceptors (Lipinski definition) is 11. The van der Waals surface area contributed by atoms with Crippen molar-refractivity contribution in [3.63, 3.8) is 0 Å². The van der Waals surface area contributed by atoms with E-state index in [1.54, 1.807) is 0 Å². The summed E-state index contributed by atoms with van der Waals surface area (Å²) in [6.45, 7) is -0.591. The van der Waals surface area contributed by atoms with Crippen molar-refractivity contribution >= 4 is 87.9 Å². The summed E-state index contributed by atoms with van der Waals surface area (Å²) in [4.78, 5) is 58.9. The van der Waals surface area contributed by atoms with Crippen LogP contribution in [0.5, 0.6) is 0 Å². The second-order valence-corrected chi connectivity index (χ2v) is 7.08. The fraction of sp³-hybridized carbons (Fsp3) is 0.688. The van der Waals surface area contributed by atoms with Gasteiger partial charge >= 0.3 is 29.8 Å². The summed E-state index contributed by atoms with van der Waals surface area (Å²) in [7, 11) is 0. The predicted molar refractivity (Wildman–Crippen MR) is 109 cm³/mol. The van der Waals surface area contributed by atoms with Crippen molar-refractivity contribution in [3.8, 4) is 0 Å². The van der Waals surface area contributed by atoms with Crippen molar-refractivity contribution in [2.75, 3.05) is 36.0 Å². The van der Waals surface area contributed by atoms with Gasteiger partial charge < -0.3 is 28.4 Å². The minimum absolute atomic E-state index is 0.510. The van der Waals surface area contributed by atoms with Crippen LogP contribution in [0.25, 0.3) is 0 Å². The van der Waals surface area contributed by atoms with Gasteiger partial charge in [-0.05, 0) is 0 Å². The fourth-order valence-electron chi connectivity index (χ4n) is 2.43. The minimum Gasteiger partial charge on any atom is -0.462 e. The Bertz CT molecular complexity index is 691. The Morgan fingerprint density at radius 2 is 0.969 bits per heavy atom. The van der Waals surface area contributed by atoms with Crippen molar-refractivity contribution in [1.82, 2.24) is 0 Å². The molecule has 1 saturated heterocycles. The lowest BCUT2D eigenvalue weighted by Crippen LogP contribution is -2.63. The molecule has 0 radical (unpaired) electrons. The molecule has 0 N–H and O–H groups in total. The van der Waals surface area contributed by atoms with Crippen molar-refractivity contribution in [2.24, 2.45) is 0 Å². The Kier molecular flexibility index (Phi) is 13.3. The zero-order valence-electron chi connectivity index (χ0n) is 16.0. The van der Waals surface area contributed by atoms with Gasteiger partial charge in [0.2, 0.25) is 12.4 Å². The number of carbonyl (C=O) groups excluding carboxylic acids is 5. The van der Waals surface area contributed by atoms with Gasteiger partial charge in [-0.3, -0.25) is 24.0 Å². The van der Waals surface area contributed by atoms with E-state index in [1.165, 1.54) is 0 Å². The molecule has 1 aliphatic heterocycles. The lowest BCUT2D eigenvalue weighted by Gasteiger charge is -2.43. The molecule has 0 bridgehead atoms. The molecule has 1 fully saturated rings. The quantitative estimate of drug-likeness (QED) is 0.200. The third-order valence-corrected chi connectivity index (χ3v) is 4.69. The maximum absolute atomic E-state index is 11.9. The molecule has 5 atom stereocenters. The summed E-state index contributed by atoms with van der Waals surface area (Å²) in [5, 5.41) is 0. The predicted octanol–water partition coefficient (Wildman–Crippen LogP) is 0.727.